The number of carbonyl (C=O) groups excluding carboxylic acids is 1. The summed E-state index contributed by atoms with van der Waals surface area (Å²) in [6, 6.07) is 1.41. The zero-order chi connectivity index (χ0) is 22.2. The van der Waals surface area contributed by atoms with Crippen molar-refractivity contribution < 1.29 is 22.7 Å². The Morgan fingerprint density at radius 3 is 2.34 bits per heavy atom. The molecule has 0 spiro atoms. The van der Waals surface area contributed by atoms with Crippen molar-refractivity contribution in [2.75, 3.05) is 6.54 Å². The predicted octanol–water partition coefficient (Wildman–Crippen LogP) is 6.11. The molecule has 0 unspecified atom stereocenters. The van der Waals surface area contributed by atoms with Gasteiger partial charge in [0.25, 0.3) is 0 Å². The Labute approximate surface area is 170 Å². The molecule has 3 nitrogen and oxygen atoms in total. The zero-order valence-electron chi connectivity index (χ0n) is 17.7. The Hall–Kier alpha value is -2.76. The molecule has 29 heavy (non-hydrogen) atoms. The van der Waals surface area contributed by atoms with Crippen LogP contribution in [0.4, 0.5) is 13.2 Å². The van der Waals surface area contributed by atoms with Crippen molar-refractivity contribution in [1.82, 2.24) is 5.32 Å². The highest BCUT2D eigenvalue weighted by Crippen LogP contribution is 2.32. The first kappa shape index (κ1) is 24.3. The Balaban J connectivity index is 2.97. The summed E-state index contributed by atoms with van der Waals surface area (Å²) >= 11 is 0. The summed E-state index contributed by atoms with van der Waals surface area (Å²) in [6.45, 7) is 11.3. The minimum absolute atomic E-state index is 0.130. The quantitative estimate of drug-likeness (QED) is 0.438. The van der Waals surface area contributed by atoms with Crippen LogP contribution < -0.4 is 10.1 Å². The van der Waals surface area contributed by atoms with Crippen molar-refractivity contribution in [2.24, 2.45) is 0 Å². The van der Waals surface area contributed by atoms with E-state index in [2.05, 4.69) is 10.1 Å². The number of amides is 1. The summed E-state index contributed by atoms with van der Waals surface area (Å²) in [5.41, 5.74) is 4.55. The first-order valence-corrected chi connectivity index (χ1v) is 9.30. The fourth-order valence-electron chi connectivity index (χ4n) is 2.65. The number of carbonyl (C=O) groups is 1. The molecule has 0 atom stereocenters. The third-order valence-electron chi connectivity index (χ3n) is 4.28. The second-order valence-corrected chi connectivity index (χ2v) is 6.79. The van der Waals surface area contributed by atoms with Gasteiger partial charge in [-0.3, -0.25) is 4.79 Å². The maximum atomic E-state index is 12.5. The average Bonchev–Trinajstić information content (AvgIpc) is 2.58. The SMILES string of the molecule is CCNC(=O)/C=C(C)/C=C/C=C(C)/C=C/c1c(C)cc(OC(F)(F)F)c(C)c1C. The molecular formula is C23H28F3NO2. The van der Waals surface area contributed by atoms with Crippen molar-refractivity contribution in [2.45, 2.75) is 47.9 Å². The Kier molecular flexibility index (Phi) is 8.95. The van der Waals surface area contributed by atoms with Crippen LogP contribution in [0.25, 0.3) is 6.08 Å². The molecule has 1 amide bonds. The molecule has 0 aliphatic rings. The molecule has 0 radical (unpaired) electrons. The van der Waals surface area contributed by atoms with E-state index < -0.39 is 6.36 Å². The molecule has 0 heterocycles. The Morgan fingerprint density at radius 1 is 1.10 bits per heavy atom. The van der Waals surface area contributed by atoms with Gasteiger partial charge in [-0.1, -0.05) is 36.0 Å². The lowest BCUT2D eigenvalue weighted by Gasteiger charge is -2.16. The minimum atomic E-state index is -4.71. The van der Waals surface area contributed by atoms with Crippen LogP contribution in [0.3, 0.4) is 0 Å². The van der Waals surface area contributed by atoms with E-state index in [1.54, 1.807) is 20.8 Å². The van der Waals surface area contributed by atoms with Crippen molar-refractivity contribution in [1.29, 1.82) is 0 Å². The summed E-state index contributed by atoms with van der Waals surface area (Å²) in [5.74, 6) is -0.302. The van der Waals surface area contributed by atoms with E-state index in [1.807, 2.05) is 51.2 Å². The number of nitrogens with one attached hydrogen (secondary N) is 1. The van der Waals surface area contributed by atoms with Gasteiger partial charge in [0.15, 0.2) is 0 Å². The number of rotatable bonds is 7. The smallest absolute Gasteiger partial charge is 0.405 e. The van der Waals surface area contributed by atoms with Gasteiger partial charge < -0.3 is 10.1 Å². The summed E-state index contributed by atoms with van der Waals surface area (Å²) in [4.78, 5) is 11.5. The van der Waals surface area contributed by atoms with Crippen molar-refractivity contribution in [3.63, 3.8) is 0 Å². The van der Waals surface area contributed by atoms with Gasteiger partial charge in [0.1, 0.15) is 5.75 Å². The van der Waals surface area contributed by atoms with Gasteiger partial charge in [0, 0.05) is 12.6 Å². The summed E-state index contributed by atoms with van der Waals surface area (Å²) in [6.07, 6.45) is 6.16. The molecule has 1 aromatic rings. The number of hydrogen-bond acceptors (Lipinski definition) is 2. The summed E-state index contributed by atoms with van der Waals surface area (Å²) < 4.78 is 41.8. The fraction of sp³-hybridized carbons (Fsp3) is 0.348. The number of allylic oxidation sites excluding steroid dienone is 6. The third-order valence-corrected chi connectivity index (χ3v) is 4.28. The number of hydrogen-bond donors (Lipinski definition) is 1. The monoisotopic (exact) mass is 407 g/mol. The van der Waals surface area contributed by atoms with Crippen molar-refractivity contribution >= 4 is 12.0 Å². The lowest BCUT2D eigenvalue weighted by Crippen LogP contribution is -2.20. The number of likely N-dealkylation sites (N-methyl/N-ethyl adjacent to an activating group) is 1. The second kappa shape index (κ2) is 10.7. The van der Waals surface area contributed by atoms with Crippen LogP contribution >= 0.6 is 0 Å². The first-order valence-electron chi connectivity index (χ1n) is 9.30. The number of alkyl halides is 3. The van der Waals surface area contributed by atoms with Gasteiger partial charge in [-0.2, -0.15) is 0 Å². The molecule has 1 aromatic carbocycles. The minimum Gasteiger partial charge on any atom is -0.405 e. The van der Waals surface area contributed by atoms with Gasteiger partial charge in [0.05, 0.1) is 0 Å². The lowest BCUT2D eigenvalue weighted by atomic mass is 9.96. The van der Waals surface area contributed by atoms with Crippen LogP contribution in [0, 0.1) is 20.8 Å². The average molecular weight is 407 g/mol. The van der Waals surface area contributed by atoms with Gasteiger partial charge in [0.2, 0.25) is 5.91 Å². The third kappa shape index (κ3) is 8.42. The van der Waals surface area contributed by atoms with Gasteiger partial charge in [-0.05, 0) is 75.4 Å². The molecule has 1 rings (SSSR count). The Morgan fingerprint density at radius 2 is 1.76 bits per heavy atom. The molecule has 0 aliphatic heterocycles. The summed E-state index contributed by atoms with van der Waals surface area (Å²) in [5, 5.41) is 2.70. The molecule has 158 valence electrons. The van der Waals surface area contributed by atoms with Crippen LogP contribution in [0.2, 0.25) is 0 Å². The Bertz CT molecular complexity index is 860. The zero-order valence-corrected chi connectivity index (χ0v) is 17.7. The maximum Gasteiger partial charge on any atom is 0.573 e. The maximum absolute atomic E-state index is 12.5. The van der Waals surface area contributed by atoms with Crippen LogP contribution in [-0.2, 0) is 4.79 Å². The number of aryl methyl sites for hydroxylation is 1. The van der Waals surface area contributed by atoms with Crippen LogP contribution in [0.5, 0.6) is 5.75 Å². The molecule has 1 N–H and O–H groups in total. The second-order valence-electron chi connectivity index (χ2n) is 6.79. The largest absolute Gasteiger partial charge is 0.573 e. The van der Waals surface area contributed by atoms with E-state index in [9.17, 15) is 18.0 Å². The molecule has 0 saturated carbocycles. The van der Waals surface area contributed by atoms with Gasteiger partial charge >= 0.3 is 6.36 Å². The molecule has 0 saturated heterocycles. The van der Waals surface area contributed by atoms with E-state index in [1.165, 1.54) is 12.1 Å². The van der Waals surface area contributed by atoms with Gasteiger partial charge in [-0.25, -0.2) is 0 Å². The molecule has 0 aromatic heterocycles. The molecule has 0 bridgehead atoms. The van der Waals surface area contributed by atoms with E-state index in [4.69, 9.17) is 0 Å². The van der Waals surface area contributed by atoms with E-state index in [0.29, 0.717) is 17.7 Å². The lowest BCUT2D eigenvalue weighted by molar-refractivity contribution is -0.274. The van der Waals surface area contributed by atoms with Crippen LogP contribution in [-0.4, -0.2) is 18.8 Å². The van der Waals surface area contributed by atoms with E-state index >= 15 is 0 Å². The number of benzene rings is 1. The highest BCUT2D eigenvalue weighted by molar-refractivity contribution is 5.88. The molecule has 0 aliphatic carbocycles. The van der Waals surface area contributed by atoms with Crippen molar-refractivity contribution in [3.8, 4) is 5.75 Å². The standard InChI is InChI=1S/C23H28F3NO2/c1-7-27-22(28)13-16(3)10-8-9-15(2)11-12-20-17(4)14-21(19(6)18(20)5)29-23(24,25)26/h8-14H,7H2,1-6H3,(H,27,28)/b10-8+,12-11+,15-9+,16-13+. The van der Waals surface area contributed by atoms with Crippen LogP contribution in [0.15, 0.2) is 47.6 Å². The molecule has 6 heteroatoms. The topological polar surface area (TPSA) is 38.3 Å². The van der Waals surface area contributed by atoms with Gasteiger partial charge in [-0.15, -0.1) is 13.2 Å². The van der Waals surface area contributed by atoms with Crippen molar-refractivity contribution in [3.05, 3.63) is 69.8 Å². The van der Waals surface area contributed by atoms with Crippen LogP contribution in [0.1, 0.15) is 43.0 Å². The normalized spacial score (nSPS) is 13.4. The molecular weight excluding hydrogens is 379 g/mol. The highest BCUT2D eigenvalue weighted by Gasteiger charge is 2.32. The summed E-state index contributed by atoms with van der Waals surface area (Å²) in [7, 11) is 0. The molecule has 0 fully saturated rings. The first-order chi connectivity index (χ1) is 13.4. The fourth-order valence-corrected chi connectivity index (χ4v) is 2.65. The number of halogens is 3. The predicted molar refractivity (Wildman–Crippen MR) is 112 cm³/mol. The van der Waals surface area contributed by atoms with E-state index in [0.717, 1.165) is 22.3 Å². The highest BCUT2D eigenvalue weighted by atomic mass is 19.4. The van der Waals surface area contributed by atoms with E-state index in [-0.39, 0.29) is 11.7 Å². The number of ether oxygens (including phenoxy) is 1.